The van der Waals surface area contributed by atoms with E-state index in [2.05, 4.69) is 116 Å². The number of aliphatic hydroxyl groups excluding tert-OH is 11. The van der Waals surface area contributed by atoms with Crippen LogP contribution in [-0.2, 0) is 33.2 Å². The summed E-state index contributed by atoms with van der Waals surface area (Å²) in [4.78, 5) is 13.5. The van der Waals surface area contributed by atoms with E-state index in [1.165, 1.54) is 141 Å². The van der Waals surface area contributed by atoms with E-state index in [0.29, 0.717) is 12.8 Å². The number of nitrogens with one attached hydrogen (secondary N) is 1. The SMILES string of the molecule is CC/C=C\C/C=C\C/C=C\C/C=C\C/C=C\C/C=C\CCCCCCCCCCCCCCCCCCC(=O)NC(COC1OC(CO)C(OC2OC(CO)C(OC3OC(CO)C(O)C(O)C3O)C(O)C2O)C(O)C1O)C(O)/C=C/CC/C=C/CC/C=C/CCCCCCCCCCC. The van der Waals surface area contributed by atoms with Gasteiger partial charge in [-0.15, -0.1) is 0 Å². The summed E-state index contributed by atoms with van der Waals surface area (Å²) < 4.78 is 34.4. The Hall–Kier alpha value is -3.55. The van der Waals surface area contributed by atoms with Gasteiger partial charge in [0.25, 0.3) is 0 Å². The van der Waals surface area contributed by atoms with E-state index in [0.717, 1.165) is 83.5 Å². The predicted molar refractivity (Wildman–Crippen MR) is 392 cm³/mol. The van der Waals surface area contributed by atoms with Crippen molar-refractivity contribution in [3.8, 4) is 0 Å². The average molecular weight is 1400 g/mol. The van der Waals surface area contributed by atoms with Gasteiger partial charge >= 0.3 is 0 Å². The Balaban J connectivity index is 1.37. The number of hydrogen-bond donors (Lipinski definition) is 12. The summed E-state index contributed by atoms with van der Waals surface area (Å²) in [6, 6.07) is -1.00. The zero-order valence-electron chi connectivity index (χ0n) is 60.7. The molecule has 3 heterocycles. The third-order valence-corrected chi connectivity index (χ3v) is 18.5. The highest BCUT2D eigenvalue weighted by Crippen LogP contribution is 2.33. The van der Waals surface area contributed by atoms with E-state index in [1.807, 2.05) is 6.08 Å². The molecule has 3 aliphatic heterocycles. The Morgan fingerprint density at radius 1 is 0.374 bits per heavy atom. The topological polar surface area (TPSA) is 307 Å². The molecule has 19 heteroatoms. The summed E-state index contributed by atoms with van der Waals surface area (Å²) in [6.45, 7) is 1.59. The first-order valence-corrected chi connectivity index (χ1v) is 38.6. The maximum Gasteiger partial charge on any atom is 0.220 e. The monoisotopic (exact) mass is 1400 g/mol. The average Bonchev–Trinajstić information content (AvgIpc) is 0.784. The first-order valence-electron chi connectivity index (χ1n) is 38.6. The van der Waals surface area contributed by atoms with Crippen LogP contribution < -0.4 is 5.32 Å². The number of allylic oxidation sites excluding steroid dienone is 17. The van der Waals surface area contributed by atoms with Crippen LogP contribution in [0.5, 0.6) is 0 Å². The minimum Gasteiger partial charge on any atom is -0.394 e. The molecule has 99 heavy (non-hydrogen) atoms. The molecule has 1 amide bonds. The normalized spacial score (nSPS) is 27.2. The number of unbranched alkanes of at least 4 members (excludes halogenated alkanes) is 27. The van der Waals surface area contributed by atoms with Crippen molar-refractivity contribution in [3.05, 3.63) is 109 Å². The van der Waals surface area contributed by atoms with Gasteiger partial charge in [-0.3, -0.25) is 4.79 Å². The zero-order valence-corrected chi connectivity index (χ0v) is 60.7. The van der Waals surface area contributed by atoms with Crippen molar-refractivity contribution in [2.75, 3.05) is 26.4 Å². The Morgan fingerprint density at radius 3 is 1.13 bits per heavy atom. The van der Waals surface area contributed by atoms with Gasteiger partial charge in [-0.2, -0.15) is 0 Å². The van der Waals surface area contributed by atoms with E-state index < -0.39 is 124 Å². The lowest BCUT2D eigenvalue weighted by Crippen LogP contribution is -2.66. The molecule has 0 saturated carbocycles. The standard InChI is InChI=1S/C80H137NO18/c1-3-5-7-9-11-13-15-17-19-21-23-24-25-26-27-28-29-30-31-32-33-34-35-36-37-38-40-42-44-46-48-50-52-54-56-58-68(86)81-63(64(85)57-55-53-51-49-47-45-43-41-39-22-20-18-16-14-12-10-8-6-4-2)62-94-78-74(92)71(89)76(66(60-83)96-78)99-80-75(93)72(90)77(67(61-84)97-80)98-79-73(91)70(88)69(87)65(59-82)95-79/h5,7,11,13,17,19,23-24,26-27,29-30,39,41,47,49,55,57,63-67,69-80,82-85,87-93H,3-4,6,8-10,12,14-16,18,20-22,25,28,31-38,40,42-46,48,50-54,56,58-62H2,1-2H3,(H,81,86)/b7-5-,13-11-,19-17-,24-23-,27-26-,30-29-,41-39+,49-47+,57-55+. The number of rotatable bonds is 59. The highest BCUT2D eigenvalue weighted by Gasteiger charge is 2.53. The van der Waals surface area contributed by atoms with Gasteiger partial charge in [0.15, 0.2) is 18.9 Å². The molecule has 12 N–H and O–H groups in total. The van der Waals surface area contributed by atoms with Crippen molar-refractivity contribution in [3.63, 3.8) is 0 Å². The van der Waals surface area contributed by atoms with Gasteiger partial charge in [0.2, 0.25) is 5.91 Å². The van der Waals surface area contributed by atoms with E-state index in [4.69, 9.17) is 28.4 Å². The molecule has 570 valence electrons. The molecule has 3 saturated heterocycles. The van der Waals surface area contributed by atoms with E-state index >= 15 is 0 Å². The lowest BCUT2D eigenvalue weighted by molar-refractivity contribution is -0.379. The maximum atomic E-state index is 13.5. The molecule has 17 atom stereocenters. The molecule has 0 aromatic rings. The number of carbonyl (C=O) groups excluding carboxylic acids is 1. The summed E-state index contributed by atoms with van der Waals surface area (Å²) in [5.74, 6) is -0.292. The summed E-state index contributed by atoms with van der Waals surface area (Å²) in [7, 11) is 0. The van der Waals surface area contributed by atoms with Crippen LogP contribution in [0.2, 0.25) is 0 Å². The molecule has 0 spiro atoms. The molecule has 3 fully saturated rings. The van der Waals surface area contributed by atoms with Gasteiger partial charge in [-0.1, -0.05) is 264 Å². The van der Waals surface area contributed by atoms with E-state index in [-0.39, 0.29) is 18.9 Å². The van der Waals surface area contributed by atoms with Crippen LogP contribution in [0.1, 0.15) is 258 Å². The Bertz CT molecular complexity index is 2220. The highest BCUT2D eigenvalue weighted by molar-refractivity contribution is 5.76. The molecule has 0 aromatic heterocycles. The second-order valence-corrected chi connectivity index (χ2v) is 27.1. The molecule has 0 bridgehead atoms. The molecule has 3 aliphatic rings. The number of carbonyl (C=O) groups is 1. The predicted octanol–water partition coefficient (Wildman–Crippen LogP) is 12.2. The molecular weight excluding hydrogens is 1260 g/mol. The fourth-order valence-electron chi connectivity index (χ4n) is 12.3. The van der Waals surface area contributed by atoms with Crippen molar-refractivity contribution in [1.29, 1.82) is 0 Å². The summed E-state index contributed by atoms with van der Waals surface area (Å²) in [5, 5.41) is 121. The lowest BCUT2D eigenvalue weighted by Gasteiger charge is -2.48. The minimum atomic E-state index is -1.99. The van der Waals surface area contributed by atoms with Gasteiger partial charge in [-0.25, -0.2) is 0 Å². The van der Waals surface area contributed by atoms with Gasteiger partial charge in [0.05, 0.1) is 38.6 Å². The van der Waals surface area contributed by atoms with Crippen LogP contribution in [0, 0.1) is 0 Å². The lowest BCUT2D eigenvalue weighted by atomic mass is 9.96. The van der Waals surface area contributed by atoms with Crippen molar-refractivity contribution in [2.24, 2.45) is 0 Å². The minimum absolute atomic E-state index is 0.227. The Kier molecular flexibility index (Phi) is 54.2. The van der Waals surface area contributed by atoms with Crippen LogP contribution in [0.25, 0.3) is 0 Å². The van der Waals surface area contributed by atoms with Crippen LogP contribution in [-0.4, -0.2) is 193 Å². The fraction of sp³-hybridized carbons (Fsp3) is 0.762. The molecular formula is C80H137NO18. The summed E-state index contributed by atoms with van der Waals surface area (Å²) in [6.07, 6.45) is 55.0. The van der Waals surface area contributed by atoms with Crippen LogP contribution in [0.15, 0.2) is 109 Å². The number of amides is 1. The number of aliphatic hydroxyl groups is 11. The second-order valence-electron chi connectivity index (χ2n) is 27.1. The van der Waals surface area contributed by atoms with Gasteiger partial charge < -0.3 is 89.9 Å². The third kappa shape index (κ3) is 40.3. The maximum absolute atomic E-state index is 13.5. The molecule has 0 radical (unpaired) electrons. The summed E-state index contributed by atoms with van der Waals surface area (Å²) in [5.41, 5.74) is 0. The third-order valence-electron chi connectivity index (χ3n) is 18.5. The van der Waals surface area contributed by atoms with Gasteiger partial charge in [-0.05, 0) is 96.3 Å². The van der Waals surface area contributed by atoms with Crippen LogP contribution in [0.4, 0.5) is 0 Å². The van der Waals surface area contributed by atoms with Crippen LogP contribution >= 0.6 is 0 Å². The number of ether oxygens (including phenoxy) is 6. The van der Waals surface area contributed by atoms with E-state index in [9.17, 15) is 61.0 Å². The van der Waals surface area contributed by atoms with E-state index in [1.54, 1.807) is 6.08 Å². The zero-order chi connectivity index (χ0) is 71.8. The van der Waals surface area contributed by atoms with Gasteiger partial charge in [0.1, 0.15) is 73.2 Å². The van der Waals surface area contributed by atoms with Gasteiger partial charge in [0, 0.05) is 6.42 Å². The van der Waals surface area contributed by atoms with Crippen LogP contribution in [0.3, 0.4) is 0 Å². The molecule has 0 aliphatic carbocycles. The van der Waals surface area contributed by atoms with Crippen molar-refractivity contribution in [1.82, 2.24) is 5.32 Å². The Labute approximate surface area is 595 Å². The fourth-order valence-corrected chi connectivity index (χ4v) is 12.3. The first-order chi connectivity index (χ1) is 48.3. The largest absolute Gasteiger partial charge is 0.394 e. The highest BCUT2D eigenvalue weighted by atomic mass is 16.8. The summed E-state index contributed by atoms with van der Waals surface area (Å²) >= 11 is 0. The van der Waals surface area contributed by atoms with Crippen molar-refractivity contribution >= 4 is 5.91 Å². The molecule has 0 aromatic carbocycles. The Morgan fingerprint density at radius 2 is 0.707 bits per heavy atom. The van der Waals surface area contributed by atoms with Crippen molar-refractivity contribution in [2.45, 2.75) is 362 Å². The molecule has 17 unspecified atom stereocenters. The number of hydrogen-bond acceptors (Lipinski definition) is 18. The first kappa shape index (κ1) is 89.7. The quantitative estimate of drug-likeness (QED) is 0.0199. The smallest absolute Gasteiger partial charge is 0.220 e. The molecule has 19 nitrogen and oxygen atoms in total. The van der Waals surface area contributed by atoms with Crippen molar-refractivity contribution < 1.29 is 89.4 Å². The molecule has 3 rings (SSSR count). The second kappa shape index (κ2) is 59.8.